The van der Waals surface area contributed by atoms with E-state index in [9.17, 15) is 9.90 Å². The molecule has 1 aromatic heterocycles. The molecule has 1 amide bonds. The van der Waals surface area contributed by atoms with Gasteiger partial charge in [-0.3, -0.25) is 4.79 Å². The Kier molecular flexibility index (Phi) is 3.81. The minimum absolute atomic E-state index is 0.221. The molecule has 6 heteroatoms. The number of amides is 1. The van der Waals surface area contributed by atoms with Crippen molar-refractivity contribution < 1.29 is 9.90 Å². The van der Waals surface area contributed by atoms with Crippen LogP contribution in [0, 0.1) is 0 Å². The van der Waals surface area contributed by atoms with Gasteiger partial charge in [-0.05, 0) is 18.9 Å². The van der Waals surface area contributed by atoms with Gasteiger partial charge in [-0.1, -0.05) is 11.6 Å². The van der Waals surface area contributed by atoms with E-state index in [0.717, 1.165) is 25.9 Å². The Balaban J connectivity index is 2.13. The first-order chi connectivity index (χ1) is 8.20. The second kappa shape index (κ2) is 5.33. The zero-order valence-electron chi connectivity index (χ0n) is 9.27. The predicted octanol–water partition coefficient (Wildman–Crippen LogP) is 1.26. The number of pyridine rings is 1. The van der Waals surface area contributed by atoms with Crippen LogP contribution in [-0.2, 0) is 4.79 Å². The second-order valence-corrected chi connectivity index (χ2v) is 4.42. The summed E-state index contributed by atoms with van der Waals surface area (Å²) in [5, 5.41) is 12.4. The molecule has 0 spiro atoms. The SMILES string of the molecule is O=CNc1cnc(N2CCC(O)CC2)c(Cl)c1. The van der Waals surface area contributed by atoms with Crippen molar-refractivity contribution in [3.8, 4) is 0 Å². The number of aliphatic hydroxyl groups excluding tert-OH is 1. The fourth-order valence-corrected chi connectivity index (χ4v) is 2.17. The first-order valence-electron chi connectivity index (χ1n) is 5.49. The van der Waals surface area contributed by atoms with Crippen molar-refractivity contribution in [3.63, 3.8) is 0 Å². The topological polar surface area (TPSA) is 65.5 Å². The summed E-state index contributed by atoms with van der Waals surface area (Å²) in [5.74, 6) is 0.704. The Labute approximate surface area is 104 Å². The first-order valence-corrected chi connectivity index (χ1v) is 5.87. The van der Waals surface area contributed by atoms with Gasteiger partial charge >= 0.3 is 0 Å². The van der Waals surface area contributed by atoms with Gasteiger partial charge in [-0.25, -0.2) is 4.98 Å². The molecular weight excluding hydrogens is 242 g/mol. The summed E-state index contributed by atoms with van der Waals surface area (Å²) in [6, 6.07) is 1.67. The van der Waals surface area contributed by atoms with Gasteiger partial charge in [0.15, 0.2) is 0 Å². The van der Waals surface area contributed by atoms with E-state index in [4.69, 9.17) is 11.6 Å². The zero-order valence-corrected chi connectivity index (χ0v) is 10.0. The van der Waals surface area contributed by atoms with Crippen molar-refractivity contribution in [2.24, 2.45) is 0 Å². The number of carbonyl (C=O) groups is 1. The lowest BCUT2D eigenvalue weighted by atomic mass is 10.1. The summed E-state index contributed by atoms with van der Waals surface area (Å²) in [6.07, 6.45) is 3.39. The van der Waals surface area contributed by atoms with Crippen LogP contribution in [0.15, 0.2) is 12.3 Å². The maximum atomic E-state index is 10.3. The molecule has 0 unspecified atom stereocenters. The van der Waals surface area contributed by atoms with E-state index in [0.29, 0.717) is 22.9 Å². The predicted molar refractivity (Wildman–Crippen MR) is 66.4 cm³/mol. The molecule has 1 aliphatic rings. The Hall–Kier alpha value is -1.33. The number of nitrogens with zero attached hydrogens (tertiary/aromatic N) is 2. The first kappa shape index (κ1) is 12.1. The molecule has 17 heavy (non-hydrogen) atoms. The highest BCUT2D eigenvalue weighted by Crippen LogP contribution is 2.28. The van der Waals surface area contributed by atoms with Crippen molar-refractivity contribution in [3.05, 3.63) is 17.3 Å². The Morgan fingerprint density at radius 2 is 2.24 bits per heavy atom. The van der Waals surface area contributed by atoms with Crippen LogP contribution >= 0.6 is 11.6 Å². The molecule has 0 bridgehead atoms. The molecule has 2 rings (SSSR count). The smallest absolute Gasteiger partial charge is 0.211 e. The third kappa shape index (κ3) is 2.87. The molecule has 1 saturated heterocycles. The fraction of sp³-hybridized carbons (Fsp3) is 0.455. The Morgan fingerprint density at radius 1 is 1.53 bits per heavy atom. The lowest BCUT2D eigenvalue weighted by Gasteiger charge is -2.31. The largest absolute Gasteiger partial charge is 0.393 e. The minimum Gasteiger partial charge on any atom is -0.393 e. The van der Waals surface area contributed by atoms with Crippen LogP contribution in [0.2, 0.25) is 5.02 Å². The normalized spacial score (nSPS) is 16.9. The Morgan fingerprint density at radius 3 is 2.82 bits per heavy atom. The quantitative estimate of drug-likeness (QED) is 0.799. The van der Waals surface area contributed by atoms with Crippen LogP contribution in [-0.4, -0.2) is 35.7 Å². The number of hydrogen-bond acceptors (Lipinski definition) is 4. The van der Waals surface area contributed by atoms with E-state index in [1.54, 1.807) is 12.3 Å². The summed E-state index contributed by atoms with van der Waals surface area (Å²) in [4.78, 5) is 16.6. The maximum absolute atomic E-state index is 10.3. The van der Waals surface area contributed by atoms with Crippen molar-refractivity contribution in [2.45, 2.75) is 18.9 Å². The summed E-state index contributed by atoms with van der Waals surface area (Å²) in [6.45, 7) is 1.49. The standard InChI is InChI=1S/C11H14ClN3O2/c12-10-5-8(14-7-16)6-13-11(10)15-3-1-9(17)2-4-15/h5-7,9,17H,1-4H2,(H,14,16). The summed E-state index contributed by atoms with van der Waals surface area (Å²) in [5.41, 5.74) is 0.575. The molecule has 0 atom stereocenters. The number of aliphatic hydroxyl groups is 1. The van der Waals surface area contributed by atoms with Gasteiger partial charge in [0.05, 0.1) is 23.0 Å². The van der Waals surface area contributed by atoms with Crippen molar-refractivity contribution in [1.29, 1.82) is 0 Å². The van der Waals surface area contributed by atoms with Gasteiger partial charge in [-0.2, -0.15) is 0 Å². The van der Waals surface area contributed by atoms with E-state index < -0.39 is 0 Å². The average molecular weight is 256 g/mol. The molecule has 92 valence electrons. The van der Waals surface area contributed by atoms with Crippen molar-refractivity contribution >= 4 is 29.5 Å². The monoisotopic (exact) mass is 255 g/mol. The highest BCUT2D eigenvalue weighted by Gasteiger charge is 2.20. The molecule has 2 N–H and O–H groups in total. The molecule has 0 radical (unpaired) electrons. The highest BCUT2D eigenvalue weighted by atomic mass is 35.5. The van der Waals surface area contributed by atoms with Crippen LogP contribution in [0.4, 0.5) is 11.5 Å². The van der Waals surface area contributed by atoms with Crippen LogP contribution in [0.1, 0.15) is 12.8 Å². The third-order valence-electron chi connectivity index (χ3n) is 2.81. The number of piperidine rings is 1. The lowest BCUT2D eigenvalue weighted by Crippen LogP contribution is -2.36. The number of halogens is 1. The molecular formula is C11H14ClN3O2. The molecule has 1 aliphatic heterocycles. The number of anilines is 2. The van der Waals surface area contributed by atoms with Crippen LogP contribution in [0.5, 0.6) is 0 Å². The van der Waals surface area contributed by atoms with Gasteiger partial charge in [0.1, 0.15) is 5.82 Å². The van der Waals surface area contributed by atoms with Gasteiger partial charge in [-0.15, -0.1) is 0 Å². The maximum Gasteiger partial charge on any atom is 0.211 e. The summed E-state index contributed by atoms with van der Waals surface area (Å²) < 4.78 is 0. The van der Waals surface area contributed by atoms with Gasteiger partial charge < -0.3 is 15.3 Å². The average Bonchev–Trinajstić information content (AvgIpc) is 2.31. The minimum atomic E-state index is -0.221. The molecule has 1 aromatic rings. The molecule has 0 aromatic carbocycles. The van der Waals surface area contributed by atoms with E-state index in [1.807, 2.05) is 4.90 Å². The van der Waals surface area contributed by atoms with Crippen molar-refractivity contribution in [1.82, 2.24) is 4.98 Å². The fourth-order valence-electron chi connectivity index (χ4n) is 1.89. The summed E-state index contributed by atoms with van der Waals surface area (Å²) in [7, 11) is 0. The number of rotatable bonds is 3. The zero-order chi connectivity index (χ0) is 12.3. The van der Waals surface area contributed by atoms with E-state index in [2.05, 4.69) is 10.3 Å². The van der Waals surface area contributed by atoms with E-state index in [-0.39, 0.29) is 6.10 Å². The number of nitrogens with one attached hydrogen (secondary N) is 1. The van der Waals surface area contributed by atoms with Crippen LogP contribution in [0.25, 0.3) is 0 Å². The van der Waals surface area contributed by atoms with Gasteiger partial charge in [0, 0.05) is 13.1 Å². The number of carbonyl (C=O) groups excluding carboxylic acids is 1. The molecule has 0 saturated carbocycles. The highest BCUT2D eigenvalue weighted by molar-refractivity contribution is 6.33. The second-order valence-electron chi connectivity index (χ2n) is 4.01. The number of hydrogen-bond donors (Lipinski definition) is 2. The van der Waals surface area contributed by atoms with Crippen LogP contribution in [0.3, 0.4) is 0 Å². The van der Waals surface area contributed by atoms with E-state index >= 15 is 0 Å². The van der Waals surface area contributed by atoms with Crippen LogP contribution < -0.4 is 10.2 Å². The lowest BCUT2D eigenvalue weighted by molar-refractivity contribution is -0.105. The Bertz CT molecular complexity index is 406. The molecule has 0 aliphatic carbocycles. The summed E-state index contributed by atoms with van der Waals surface area (Å²) >= 11 is 6.11. The molecule has 5 nitrogen and oxygen atoms in total. The molecule has 1 fully saturated rings. The number of aromatic nitrogens is 1. The van der Waals surface area contributed by atoms with Gasteiger partial charge in [0.25, 0.3) is 0 Å². The van der Waals surface area contributed by atoms with E-state index in [1.165, 1.54) is 0 Å². The molecule has 2 heterocycles. The van der Waals surface area contributed by atoms with Crippen molar-refractivity contribution in [2.75, 3.05) is 23.3 Å². The third-order valence-corrected chi connectivity index (χ3v) is 3.09. The van der Waals surface area contributed by atoms with Gasteiger partial charge in [0.2, 0.25) is 6.41 Å².